The zero-order valence-corrected chi connectivity index (χ0v) is 15.9. The number of alkyl halides is 3. The summed E-state index contributed by atoms with van der Waals surface area (Å²) in [6.45, 7) is 1.85. The smallest absolute Gasteiger partial charge is 0.446 e. The summed E-state index contributed by atoms with van der Waals surface area (Å²) in [6.07, 6.45) is 1.74. The molecule has 0 saturated carbocycles. The van der Waals surface area contributed by atoms with Crippen molar-refractivity contribution in [1.82, 2.24) is 0 Å². The van der Waals surface area contributed by atoms with E-state index in [1.165, 1.54) is 12.1 Å². The maximum Gasteiger partial charge on any atom is 0.446 e. The van der Waals surface area contributed by atoms with Crippen LogP contribution in [0.25, 0.3) is 17.2 Å². The van der Waals surface area contributed by atoms with Gasteiger partial charge in [-0.25, -0.2) is 0 Å². The maximum atomic E-state index is 12.5. The molecule has 0 bridgehead atoms. The van der Waals surface area contributed by atoms with E-state index >= 15 is 0 Å². The molecule has 3 rings (SSSR count). The lowest BCUT2D eigenvalue weighted by Gasteiger charge is -2.08. The minimum absolute atomic E-state index is 0.116. The number of allylic oxidation sites excluding steroid dienone is 2. The number of thioether (sulfide) groups is 1. The molecule has 1 N–H and O–H groups in total. The van der Waals surface area contributed by atoms with Crippen LogP contribution in [0.5, 0.6) is 5.75 Å². The molecular formula is C21H17F3O3S. The number of rotatable bonds is 5. The summed E-state index contributed by atoms with van der Waals surface area (Å²) in [7, 11) is 1.54. The molecule has 0 atom stereocenters. The van der Waals surface area contributed by atoms with E-state index in [-0.39, 0.29) is 23.1 Å². The number of aliphatic carboxylic acids is 1. The van der Waals surface area contributed by atoms with Gasteiger partial charge in [0.05, 0.1) is 13.5 Å². The first-order valence-electron chi connectivity index (χ1n) is 8.36. The van der Waals surface area contributed by atoms with E-state index in [4.69, 9.17) is 4.74 Å². The summed E-state index contributed by atoms with van der Waals surface area (Å²) >= 11 is -0.157. The number of halogens is 3. The van der Waals surface area contributed by atoms with Gasteiger partial charge in [-0.05, 0) is 82.4 Å². The van der Waals surface area contributed by atoms with Crippen LogP contribution in [-0.4, -0.2) is 23.7 Å². The van der Waals surface area contributed by atoms with Gasteiger partial charge in [-0.3, -0.25) is 4.79 Å². The molecule has 0 fully saturated rings. The Kier molecular flexibility index (Phi) is 5.56. The van der Waals surface area contributed by atoms with Gasteiger partial charge in [-0.1, -0.05) is 18.2 Å². The molecule has 0 amide bonds. The Morgan fingerprint density at radius 1 is 1.14 bits per heavy atom. The minimum atomic E-state index is -4.32. The molecule has 0 saturated heterocycles. The van der Waals surface area contributed by atoms with Crippen LogP contribution in [0.1, 0.15) is 30.0 Å². The van der Waals surface area contributed by atoms with Crippen LogP contribution in [0.15, 0.2) is 52.9 Å². The summed E-state index contributed by atoms with van der Waals surface area (Å²) in [4.78, 5) is 11.4. The fourth-order valence-electron chi connectivity index (χ4n) is 3.20. The predicted molar refractivity (Wildman–Crippen MR) is 104 cm³/mol. The molecule has 3 nitrogen and oxygen atoms in total. The van der Waals surface area contributed by atoms with Crippen LogP contribution in [0, 0.1) is 0 Å². The Labute approximate surface area is 164 Å². The first kappa shape index (κ1) is 20.1. The zero-order valence-electron chi connectivity index (χ0n) is 15.1. The van der Waals surface area contributed by atoms with Crippen molar-refractivity contribution in [3.8, 4) is 5.75 Å². The zero-order chi connectivity index (χ0) is 20.5. The third-order valence-corrected chi connectivity index (χ3v) is 5.19. The molecular weight excluding hydrogens is 389 g/mol. The topological polar surface area (TPSA) is 46.5 Å². The van der Waals surface area contributed by atoms with Crippen molar-refractivity contribution >= 4 is 35.0 Å². The Hall–Kier alpha value is -2.67. The van der Waals surface area contributed by atoms with Crippen LogP contribution in [0.2, 0.25) is 0 Å². The number of methoxy groups -OCH3 is 1. The second-order valence-electron chi connectivity index (χ2n) is 6.26. The Bertz CT molecular complexity index is 973. The summed E-state index contributed by atoms with van der Waals surface area (Å²) in [6, 6.07) is 11.6. The van der Waals surface area contributed by atoms with E-state index in [0.717, 1.165) is 27.8 Å². The summed E-state index contributed by atoms with van der Waals surface area (Å²) < 4.78 is 42.7. The molecule has 0 aliphatic heterocycles. The van der Waals surface area contributed by atoms with Crippen molar-refractivity contribution in [2.45, 2.75) is 23.7 Å². The van der Waals surface area contributed by atoms with Gasteiger partial charge in [0, 0.05) is 4.90 Å². The van der Waals surface area contributed by atoms with Gasteiger partial charge in [0.25, 0.3) is 0 Å². The van der Waals surface area contributed by atoms with Gasteiger partial charge >= 0.3 is 11.5 Å². The normalized spacial score (nSPS) is 15.1. The maximum absolute atomic E-state index is 12.5. The van der Waals surface area contributed by atoms with Crippen molar-refractivity contribution < 1.29 is 27.8 Å². The van der Waals surface area contributed by atoms with E-state index in [1.807, 2.05) is 19.1 Å². The molecule has 1 aliphatic carbocycles. The number of hydrogen-bond donors (Lipinski definition) is 1. The van der Waals surface area contributed by atoms with E-state index in [0.29, 0.717) is 11.3 Å². The summed E-state index contributed by atoms with van der Waals surface area (Å²) in [5.74, 6) is -0.304. The number of hydrogen-bond acceptors (Lipinski definition) is 3. The molecule has 0 radical (unpaired) electrons. The predicted octanol–water partition coefficient (Wildman–Crippen LogP) is 6.11. The highest BCUT2D eigenvalue weighted by Crippen LogP contribution is 2.45. The first-order valence-corrected chi connectivity index (χ1v) is 9.18. The lowest BCUT2D eigenvalue weighted by molar-refractivity contribution is -0.135. The van der Waals surface area contributed by atoms with Crippen LogP contribution in [-0.2, 0) is 4.79 Å². The Morgan fingerprint density at radius 2 is 1.82 bits per heavy atom. The lowest BCUT2D eigenvalue weighted by atomic mass is 10.0. The average molecular weight is 406 g/mol. The third-order valence-electron chi connectivity index (χ3n) is 4.45. The fourth-order valence-corrected chi connectivity index (χ4v) is 3.74. The first-order chi connectivity index (χ1) is 13.2. The summed E-state index contributed by atoms with van der Waals surface area (Å²) in [5, 5.41) is 9.26. The number of ether oxygens (including phenoxy) is 1. The van der Waals surface area contributed by atoms with Crippen molar-refractivity contribution in [3.63, 3.8) is 0 Å². The van der Waals surface area contributed by atoms with Gasteiger partial charge in [0.15, 0.2) is 0 Å². The molecule has 0 heterocycles. The third kappa shape index (κ3) is 4.42. The monoisotopic (exact) mass is 406 g/mol. The molecule has 2 aromatic rings. The largest absolute Gasteiger partial charge is 0.497 e. The van der Waals surface area contributed by atoms with Crippen molar-refractivity contribution in [3.05, 3.63) is 64.7 Å². The van der Waals surface area contributed by atoms with Crippen molar-refractivity contribution in [2.24, 2.45) is 0 Å². The van der Waals surface area contributed by atoms with E-state index < -0.39 is 11.5 Å². The number of carboxylic acids is 1. The SMILES string of the molecule is COc1ccc2c(c1)C(CC(=O)O)=C(C)/C2=C/c1ccc(SC(F)(F)F)cc1. The molecule has 0 unspecified atom stereocenters. The van der Waals surface area contributed by atoms with Gasteiger partial charge in [0.2, 0.25) is 0 Å². The van der Waals surface area contributed by atoms with Crippen LogP contribution in [0.4, 0.5) is 13.2 Å². The van der Waals surface area contributed by atoms with Gasteiger partial charge in [-0.2, -0.15) is 13.2 Å². The average Bonchev–Trinajstić information content (AvgIpc) is 2.86. The molecule has 1 aliphatic rings. The van der Waals surface area contributed by atoms with Crippen molar-refractivity contribution in [1.29, 1.82) is 0 Å². The van der Waals surface area contributed by atoms with Crippen LogP contribution in [0.3, 0.4) is 0 Å². The number of carbonyl (C=O) groups is 1. The van der Waals surface area contributed by atoms with Crippen LogP contribution < -0.4 is 4.74 Å². The van der Waals surface area contributed by atoms with Gasteiger partial charge in [-0.15, -0.1) is 0 Å². The summed E-state index contributed by atoms with van der Waals surface area (Å²) in [5.41, 5.74) is 0.479. The fraction of sp³-hybridized carbons (Fsp3) is 0.190. The minimum Gasteiger partial charge on any atom is -0.497 e. The molecule has 0 aromatic heterocycles. The molecule has 28 heavy (non-hydrogen) atoms. The second kappa shape index (κ2) is 7.75. The van der Waals surface area contributed by atoms with E-state index in [1.54, 1.807) is 31.4 Å². The van der Waals surface area contributed by atoms with E-state index in [9.17, 15) is 23.1 Å². The van der Waals surface area contributed by atoms with Crippen molar-refractivity contribution in [2.75, 3.05) is 7.11 Å². The molecule has 2 aromatic carbocycles. The molecule has 146 valence electrons. The number of fused-ring (bicyclic) bond motifs is 1. The Morgan fingerprint density at radius 3 is 2.39 bits per heavy atom. The van der Waals surface area contributed by atoms with Crippen LogP contribution >= 0.6 is 11.8 Å². The Balaban J connectivity index is 2.01. The van der Waals surface area contributed by atoms with Gasteiger partial charge in [0.1, 0.15) is 5.75 Å². The number of benzene rings is 2. The standard InChI is InChI=1S/C21H17F3O3S/c1-12-17(9-13-3-6-15(7-4-13)28-21(22,23)24)16-8-5-14(27-2)10-19(16)18(12)11-20(25)26/h3-10H,11H2,1-2H3,(H,25,26)/b17-9-. The number of carboxylic acid groups (broad SMARTS) is 1. The highest BCUT2D eigenvalue weighted by atomic mass is 32.2. The lowest BCUT2D eigenvalue weighted by Crippen LogP contribution is -1.98. The van der Waals surface area contributed by atoms with E-state index in [2.05, 4.69) is 0 Å². The quantitative estimate of drug-likeness (QED) is 0.609. The second-order valence-corrected chi connectivity index (χ2v) is 7.40. The van der Waals surface area contributed by atoms with Gasteiger partial charge < -0.3 is 9.84 Å². The molecule has 7 heteroatoms. The highest BCUT2D eigenvalue weighted by molar-refractivity contribution is 8.00. The molecule has 0 spiro atoms. The highest BCUT2D eigenvalue weighted by Gasteiger charge is 2.29.